The maximum atomic E-state index is 11.7. The summed E-state index contributed by atoms with van der Waals surface area (Å²) in [6, 6.07) is 11.7. The van der Waals surface area contributed by atoms with E-state index in [1.54, 1.807) is 0 Å². The van der Waals surface area contributed by atoms with E-state index in [1.807, 2.05) is 30.3 Å². The Kier molecular flexibility index (Phi) is 5.26. The van der Waals surface area contributed by atoms with E-state index >= 15 is 0 Å². The average Bonchev–Trinajstić information content (AvgIpc) is 2.52. The van der Waals surface area contributed by atoms with Crippen molar-refractivity contribution in [3.05, 3.63) is 69.3 Å². The van der Waals surface area contributed by atoms with Gasteiger partial charge in [0, 0.05) is 0 Å². The molecule has 0 unspecified atom stereocenters. The number of hydrogen-bond acceptors (Lipinski definition) is 5. The zero-order valence-electron chi connectivity index (χ0n) is 12.9. The van der Waals surface area contributed by atoms with Crippen molar-refractivity contribution in [3.8, 4) is 5.75 Å². The summed E-state index contributed by atoms with van der Waals surface area (Å²) in [5.41, 5.74) is 0.265. The van der Waals surface area contributed by atoms with E-state index in [2.05, 4.69) is 0 Å². The summed E-state index contributed by atoms with van der Waals surface area (Å²) in [4.78, 5) is 33.2. The third kappa shape index (κ3) is 4.16. The van der Waals surface area contributed by atoms with Crippen LogP contribution in [0.4, 0.5) is 5.69 Å². The molecule has 0 aliphatic rings. The molecule has 0 atom stereocenters. The summed E-state index contributed by atoms with van der Waals surface area (Å²) in [6.45, 7) is 1.34. The number of ether oxygens (including phenoxy) is 1. The van der Waals surface area contributed by atoms with Crippen LogP contribution in [0.15, 0.2) is 42.5 Å². The largest absolute Gasteiger partial charge is 0.489 e. The molecule has 0 aromatic heterocycles. The van der Waals surface area contributed by atoms with Crippen molar-refractivity contribution in [1.82, 2.24) is 0 Å². The molecule has 7 nitrogen and oxygen atoms in total. The Morgan fingerprint density at radius 1 is 1.21 bits per heavy atom. The van der Waals surface area contributed by atoms with Crippen LogP contribution in [0.25, 0.3) is 0 Å². The molecule has 1 N–H and O–H groups in total. The molecule has 0 bridgehead atoms. The predicted octanol–water partition coefficient (Wildman–Crippen LogP) is 3.00. The second-order valence-corrected chi connectivity index (χ2v) is 5.13. The molecular formula is C17H15NO6. The molecule has 0 fully saturated rings. The van der Waals surface area contributed by atoms with Crippen LogP contribution in [0.1, 0.15) is 28.4 Å². The summed E-state index contributed by atoms with van der Waals surface area (Å²) in [6.07, 6.45) is -0.502. The number of ketones is 1. The number of nitro groups is 1. The van der Waals surface area contributed by atoms with Gasteiger partial charge in [-0.3, -0.25) is 19.7 Å². The van der Waals surface area contributed by atoms with Crippen molar-refractivity contribution in [1.29, 1.82) is 0 Å². The fraction of sp³-hybridized carbons (Fsp3) is 0.176. The third-order valence-corrected chi connectivity index (χ3v) is 3.31. The van der Waals surface area contributed by atoms with Crippen LogP contribution in [0, 0.1) is 10.1 Å². The number of hydrogen-bond donors (Lipinski definition) is 1. The first kappa shape index (κ1) is 17.1. The number of rotatable bonds is 7. The number of carboxylic acid groups (broad SMARTS) is 1. The van der Waals surface area contributed by atoms with Crippen LogP contribution in [-0.2, 0) is 17.8 Å². The number of nitrogens with zero attached hydrogens (tertiary/aromatic N) is 1. The van der Waals surface area contributed by atoms with Gasteiger partial charge in [-0.2, -0.15) is 0 Å². The Balaban J connectivity index is 2.41. The third-order valence-electron chi connectivity index (χ3n) is 3.31. The number of Topliss-reactive ketones (excluding diaryl/α,β-unsaturated/α-hetero) is 1. The zero-order chi connectivity index (χ0) is 17.7. The molecule has 0 aliphatic heterocycles. The van der Waals surface area contributed by atoms with E-state index in [1.165, 1.54) is 6.07 Å². The molecule has 124 valence electrons. The minimum atomic E-state index is -1.19. The smallest absolute Gasteiger partial charge is 0.307 e. The molecule has 2 aromatic rings. The van der Waals surface area contributed by atoms with E-state index in [-0.39, 0.29) is 23.5 Å². The molecule has 0 aliphatic carbocycles. The van der Waals surface area contributed by atoms with Gasteiger partial charge in [-0.05, 0) is 24.1 Å². The highest BCUT2D eigenvalue weighted by Crippen LogP contribution is 2.30. The summed E-state index contributed by atoms with van der Waals surface area (Å²) in [5.74, 6) is -1.61. The second kappa shape index (κ2) is 7.36. The number of carbonyl (C=O) groups is 2. The number of carbonyl (C=O) groups excluding carboxylic acids is 1. The molecule has 0 spiro atoms. The highest BCUT2D eigenvalue weighted by Gasteiger charge is 2.24. The van der Waals surface area contributed by atoms with Gasteiger partial charge in [-0.15, -0.1) is 0 Å². The van der Waals surface area contributed by atoms with Gasteiger partial charge in [0.05, 0.1) is 23.0 Å². The second-order valence-electron chi connectivity index (χ2n) is 5.13. The molecule has 0 heterocycles. The molecule has 2 rings (SSSR count). The van der Waals surface area contributed by atoms with Crippen molar-refractivity contribution in [2.75, 3.05) is 0 Å². The van der Waals surface area contributed by atoms with Crippen molar-refractivity contribution in [2.45, 2.75) is 20.0 Å². The Bertz CT molecular complexity index is 785. The lowest BCUT2D eigenvalue weighted by Gasteiger charge is -2.11. The van der Waals surface area contributed by atoms with Crippen molar-refractivity contribution in [3.63, 3.8) is 0 Å². The van der Waals surface area contributed by atoms with Crippen LogP contribution in [0.2, 0.25) is 0 Å². The summed E-state index contributed by atoms with van der Waals surface area (Å²) < 4.78 is 5.53. The molecule has 0 amide bonds. The summed E-state index contributed by atoms with van der Waals surface area (Å²) in [7, 11) is 0. The average molecular weight is 329 g/mol. The van der Waals surface area contributed by atoms with Crippen LogP contribution in [0.5, 0.6) is 5.75 Å². The van der Waals surface area contributed by atoms with E-state index in [0.29, 0.717) is 0 Å². The number of aliphatic carboxylic acids is 1. The van der Waals surface area contributed by atoms with Gasteiger partial charge >= 0.3 is 5.97 Å². The zero-order valence-corrected chi connectivity index (χ0v) is 12.9. The Labute approximate surface area is 137 Å². The lowest BCUT2D eigenvalue weighted by molar-refractivity contribution is -0.385. The monoisotopic (exact) mass is 329 g/mol. The number of carboxylic acids is 1. The summed E-state index contributed by atoms with van der Waals surface area (Å²) in [5, 5.41) is 20.2. The lowest BCUT2D eigenvalue weighted by atomic mass is 9.99. The van der Waals surface area contributed by atoms with E-state index in [0.717, 1.165) is 18.6 Å². The van der Waals surface area contributed by atoms with Crippen LogP contribution in [-0.4, -0.2) is 21.8 Å². The van der Waals surface area contributed by atoms with Gasteiger partial charge in [0.15, 0.2) is 5.78 Å². The van der Waals surface area contributed by atoms with Crippen LogP contribution >= 0.6 is 0 Å². The summed E-state index contributed by atoms with van der Waals surface area (Å²) >= 11 is 0. The standard InChI is InChI=1S/C17H15NO6/c1-11(19)17-13(8-16(20)21)7-14(9-15(17)18(22)23)24-10-12-5-3-2-4-6-12/h2-7,9H,8,10H2,1H3,(H,20,21). The predicted molar refractivity (Wildman–Crippen MR) is 85.2 cm³/mol. The highest BCUT2D eigenvalue weighted by molar-refractivity contribution is 6.00. The Morgan fingerprint density at radius 3 is 2.42 bits per heavy atom. The first-order valence-electron chi connectivity index (χ1n) is 7.09. The maximum Gasteiger partial charge on any atom is 0.307 e. The normalized spacial score (nSPS) is 10.2. The highest BCUT2D eigenvalue weighted by atomic mass is 16.6. The van der Waals surface area contributed by atoms with Gasteiger partial charge in [-0.25, -0.2) is 0 Å². The molecule has 24 heavy (non-hydrogen) atoms. The molecule has 0 saturated heterocycles. The van der Waals surface area contributed by atoms with Gasteiger partial charge < -0.3 is 9.84 Å². The number of nitro benzene ring substituents is 1. The fourth-order valence-electron chi connectivity index (χ4n) is 2.33. The van der Waals surface area contributed by atoms with Gasteiger partial charge in [0.25, 0.3) is 5.69 Å². The Hall–Kier alpha value is -3.22. The minimum Gasteiger partial charge on any atom is -0.489 e. The van der Waals surface area contributed by atoms with Gasteiger partial charge in [0.2, 0.25) is 0 Å². The molecule has 7 heteroatoms. The SMILES string of the molecule is CC(=O)c1c(CC(=O)O)cc(OCc2ccccc2)cc1[N+](=O)[O-]. The molecular weight excluding hydrogens is 314 g/mol. The fourth-order valence-corrected chi connectivity index (χ4v) is 2.33. The minimum absolute atomic E-state index is 0.0623. The van der Waals surface area contributed by atoms with Crippen molar-refractivity contribution in [2.24, 2.45) is 0 Å². The topological polar surface area (TPSA) is 107 Å². The first-order chi connectivity index (χ1) is 11.4. The van der Waals surface area contributed by atoms with Crippen LogP contribution in [0.3, 0.4) is 0 Å². The van der Waals surface area contributed by atoms with Crippen molar-refractivity contribution < 1.29 is 24.4 Å². The quantitative estimate of drug-likeness (QED) is 0.475. The van der Waals surface area contributed by atoms with Gasteiger partial charge in [-0.1, -0.05) is 30.3 Å². The molecule has 0 saturated carbocycles. The van der Waals surface area contributed by atoms with Crippen LogP contribution < -0.4 is 4.74 Å². The van der Waals surface area contributed by atoms with Crippen molar-refractivity contribution >= 4 is 17.4 Å². The lowest BCUT2D eigenvalue weighted by Crippen LogP contribution is -2.10. The molecule has 2 aromatic carbocycles. The van der Waals surface area contributed by atoms with E-state index in [9.17, 15) is 19.7 Å². The van der Waals surface area contributed by atoms with Gasteiger partial charge in [0.1, 0.15) is 12.4 Å². The number of benzene rings is 2. The molecule has 0 radical (unpaired) electrons. The van der Waals surface area contributed by atoms with E-state index < -0.39 is 28.8 Å². The first-order valence-corrected chi connectivity index (χ1v) is 7.09. The van der Waals surface area contributed by atoms with E-state index in [4.69, 9.17) is 9.84 Å². The Morgan fingerprint density at radius 2 is 1.88 bits per heavy atom. The maximum absolute atomic E-state index is 11.7.